The van der Waals surface area contributed by atoms with Gasteiger partial charge in [0.15, 0.2) is 0 Å². The average molecular weight is 382 g/mol. The summed E-state index contributed by atoms with van der Waals surface area (Å²) in [5, 5.41) is 2.95. The number of nitrogens with zero attached hydrogens (tertiary/aromatic N) is 2. The van der Waals surface area contributed by atoms with Crippen molar-refractivity contribution in [2.75, 3.05) is 36.4 Å². The summed E-state index contributed by atoms with van der Waals surface area (Å²) in [5.41, 5.74) is 1.51. The second kappa shape index (κ2) is 9.37. The van der Waals surface area contributed by atoms with Crippen molar-refractivity contribution in [3.8, 4) is 0 Å². The maximum atomic E-state index is 12.8. The van der Waals surface area contributed by atoms with E-state index in [-0.39, 0.29) is 10.8 Å². The quantitative estimate of drug-likeness (QED) is 0.711. The van der Waals surface area contributed by atoms with Crippen molar-refractivity contribution in [2.45, 2.75) is 57.8 Å². The Morgan fingerprint density at radius 1 is 1.15 bits per heavy atom. The fourth-order valence-electron chi connectivity index (χ4n) is 3.27. The van der Waals surface area contributed by atoms with E-state index < -0.39 is 10.0 Å². The largest absolute Gasteiger partial charge is 0.370 e. The van der Waals surface area contributed by atoms with Crippen LogP contribution in [-0.2, 0) is 14.8 Å². The molecule has 0 unspecified atom stereocenters. The molecule has 1 N–H and O–H groups in total. The van der Waals surface area contributed by atoms with E-state index in [4.69, 9.17) is 0 Å². The summed E-state index contributed by atoms with van der Waals surface area (Å²) in [6.45, 7) is 8.40. The molecule has 1 aliphatic heterocycles. The van der Waals surface area contributed by atoms with Crippen LogP contribution < -0.4 is 10.2 Å². The highest BCUT2D eigenvalue weighted by Gasteiger charge is 2.24. The molecule has 1 aliphatic rings. The van der Waals surface area contributed by atoms with Crippen LogP contribution in [-0.4, -0.2) is 44.8 Å². The number of hydrogen-bond donors (Lipinski definition) is 1. The third-order valence-electron chi connectivity index (χ3n) is 4.79. The van der Waals surface area contributed by atoms with Gasteiger partial charge in [-0.25, -0.2) is 8.42 Å². The monoisotopic (exact) mass is 381 g/mol. The number of carbonyl (C=O) groups is 1. The van der Waals surface area contributed by atoms with E-state index in [1.54, 1.807) is 12.1 Å². The van der Waals surface area contributed by atoms with Crippen molar-refractivity contribution in [3.05, 3.63) is 18.2 Å². The van der Waals surface area contributed by atoms with Gasteiger partial charge in [0.2, 0.25) is 15.9 Å². The van der Waals surface area contributed by atoms with Crippen molar-refractivity contribution in [1.82, 2.24) is 4.31 Å². The van der Waals surface area contributed by atoms with E-state index in [9.17, 15) is 13.2 Å². The Bertz CT molecular complexity index is 709. The fourth-order valence-corrected chi connectivity index (χ4v) is 4.76. The second-order valence-corrected chi connectivity index (χ2v) is 8.55. The van der Waals surface area contributed by atoms with Crippen molar-refractivity contribution in [2.24, 2.45) is 0 Å². The minimum absolute atomic E-state index is 0.0651. The minimum Gasteiger partial charge on any atom is -0.370 e. The third-order valence-corrected chi connectivity index (χ3v) is 6.84. The third kappa shape index (κ3) is 4.76. The van der Waals surface area contributed by atoms with Gasteiger partial charge in [0, 0.05) is 32.6 Å². The van der Waals surface area contributed by atoms with Gasteiger partial charge in [-0.05, 0) is 37.5 Å². The van der Waals surface area contributed by atoms with Crippen LogP contribution in [0.2, 0.25) is 0 Å². The normalized spacial score (nSPS) is 14.8. The smallest absolute Gasteiger partial charge is 0.243 e. The summed E-state index contributed by atoms with van der Waals surface area (Å²) in [5.74, 6) is -0.0651. The van der Waals surface area contributed by atoms with Crippen LogP contribution in [0.1, 0.15) is 52.9 Å². The van der Waals surface area contributed by atoms with Gasteiger partial charge in [-0.3, -0.25) is 4.79 Å². The Kier molecular flexibility index (Phi) is 7.46. The molecule has 7 heteroatoms. The number of nitrogens with one attached hydrogen (secondary N) is 1. The van der Waals surface area contributed by atoms with Crippen molar-refractivity contribution >= 4 is 27.3 Å². The molecule has 0 atom stereocenters. The zero-order valence-corrected chi connectivity index (χ0v) is 16.9. The number of sulfonamides is 1. The standard InChI is InChI=1S/C19H31N3O3S/c1-4-7-10-19(23)20-17-15-16(26(24,25)22(5-2)6-3)11-12-18(17)21-13-8-9-14-21/h11-12,15H,4-10,13-14H2,1-3H3,(H,20,23). The second-order valence-electron chi connectivity index (χ2n) is 6.61. The first kappa shape index (κ1) is 20.7. The van der Waals surface area contributed by atoms with Crippen LogP contribution in [0.4, 0.5) is 11.4 Å². The molecule has 1 aromatic rings. The number of rotatable bonds is 9. The van der Waals surface area contributed by atoms with Crippen LogP contribution in [0.15, 0.2) is 23.1 Å². The van der Waals surface area contributed by atoms with Crippen LogP contribution in [0.25, 0.3) is 0 Å². The molecule has 0 saturated carbocycles. The molecular formula is C19H31N3O3S. The first-order chi connectivity index (χ1) is 12.4. The molecule has 26 heavy (non-hydrogen) atoms. The van der Waals surface area contributed by atoms with E-state index in [2.05, 4.69) is 10.2 Å². The number of benzene rings is 1. The molecule has 1 fully saturated rings. The molecule has 1 saturated heterocycles. The molecule has 146 valence electrons. The van der Waals surface area contributed by atoms with Crippen LogP contribution in [0.5, 0.6) is 0 Å². The molecule has 0 bridgehead atoms. The van der Waals surface area contributed by atoms with E-state index in [1.165, 1.54) is 4.31 Å². The van der Waals surface area contributed by atoms with Crippen molar-refractivity contribution in [1.29, 1.82) is 0 Å². The summed E-state index contributed by atoms with van der Waals surface area (Å²) in [4.78, 5) is 14.7. The molecule has 0 aromatic heterocycles. The van der Waals surface area contributed by atoms with Crippen LogP contribution in [0.3, 0.4) is 0 Å². The predicted molar refractivity (Wildman–Crippen MR) is 106 cm³/mol. The van der Waals surface area contributed by atoms with E-state index in [0.29, 0.717) is 25.2 Å². The highest BCUT2D eigenvalue weighted by molar-refractivity contribution is 7.89. The zero-order chi connectivity index (χ0) is 19.2. The lowest BCUT2D eigenvalue weighted by molar-refractivity contribution is -0.116. The summed E-state index contributed by atoms with van der Waals surface area (Å²) < 4.78 is 27.1. The van der Waals surface area contributed by atoms with Gasteiger partial charge < -0.3 is 10.2 Å². The van der Waals surface area contributed by atoms with Crippen LogP contribution in [0, 0.1) is 0 Å². The first-order valence-electron chi connectivity index (χ1n) is 9.63. The molecular weight excluding hydrogens is 350 g/mol. The fraction of sp³-hybridized carbons (Fsp3) is 0.632. The van der Waals surface area contributed by atoms with E-state index in [0.717, 1.165) is 44.5 Å². The number of anilines is 2. The SMILES string of the molecule is CCCCC(=O)Nc1cc(S(=O)(=O)N(CC)CC)ccc1N1CCCC1. The Labute approximate surface area is 157 Å². The Hall–Kier alpha value is -1.60. The number of unbranched alkanes of at least 4 members (excludes halogenated alkanes) is 1. The van der Waals surface area contributed by atoms with E-state index >= 15 is 0 Å². The highest BCUT2D eigenvalue weighted by atomic mass is 32.2. The molecule has 2 rings (SSSR count). The Morgan fingerprint density at radius 2 is 1.81 bits per heavy atom. The highest BCUT2D eigenvalue weighted by Crippen LogP contribution is 2.32. The minimum atomic E-state index is -3.55. The van der Waals surface area contributed by atoms with Crippen molar-refractivity contribution in [3.63, 3.8) is 0 Å². The lowest BCUT2D eigenvalue weighted by Gasteiger charge is -2.24. The lowest BCUT2D eigenvalue weighted by atomic mass is 10.2. The van der Waals surface area contributed by atoms with Crippen LogP contribution >= 0.6 is 0 Å². The lowest BCUT2D eigenvalue weighted by Crippen LogP contribution is -2.31. The molecule has 0 radical (unpaired) electrons. The van der Waals surface area contributed by atoms with Gasteiger partial charge >= 0.3 is 0 Å². The van der Waals surface area contributed by atoms with Gasteiger partial charge in [0.1, 0.15) is 0 Å². The molecule has 1 heterocycles. The number of hydrogen-bond acceptors (Lipinski definition) is 4. The molecule has 6 nitrogen and oxygen atoms in total. The molecule has 0 spiro atoms. The first-order valence-corrected chi connectivity index (χ1v) is 11.1. The summed E-state index contributed by atoms with van der Waals surface area (Å²) >= 11 is 0. The summed E-state index contributed by atoms with van der Waals surface area (Å²) in [7, 11) is -3.55. The zero-order valence-electron chi connectivity index (χ0n) is 16.1. The van der Waals surface area contributed by atoms with E-state index in [1.807, 2.05) is 26.8 Å². The number of carbonyl (C=O) groups excluding carboxylic acids is 1. The maximum absolute atomic E-state index is 12.8. The summed E-state index contributed by atoms with van der Waals surface area (Å²) in [6.07, 6.45) is 4.44. The van der Waals surface area contributed by atoms with Crippen molar-refractivity contribution < 1.29 is 13.2 Å². The van der Waals surface area contributed by atoms with Gasteiger partial charge in [-0.1, -0.05) is 27.2 Å². The Morgan fingerprint density at radius 3 is 2.38 bits per heavy atom. The molecule has 1 aromatic carbocycles. The van der Waals surface area contributed by atoms with Gasteiger partial charge in [0.05, 0.1) is 16.3 Å². The molecule has 1 amide bonds. The van der Waals surface area contributed by atoms with Gasteiger partial charge in [-0.15, -0.1) is 0 Å². The predicted octanol–water partition coefficient (Wildman–Crippen LogP) is 3.45. The van der Waals surface area contributed by atoms with Gasteiger partial charge in [-0.2, -0.15) is 4.31 Å². The molecule has 0 aliphatic carbocycles. The average Bonchev–Trinajstić information content (AvgIpc) is 3.15. The maximum Gasteiger partial charge on any atom is 0.243 e. The van der Waals surface area contributed by atoms with Gasteiger partial charge in [0.25, 0.3) is 0 Å². The topological polar surface area (TPSA) is 69.7 Å². The summed E-state index contributed by atoms with van der Waals surface area (Å²) in [6, 6.07) is 5.10. The number of amides is 1. The Balaban J connectivity index is 2.38.